The van der Waals surface area contributed by atoms with E-state index in [1.807, 2.05) is 13.0 Å². The predicted molar refractivity (Wildman–Crippen MR) is 107 cm³/mol. The minimum atomic E-state index is -3.33. The highest BCUT2D eigenvalue weighted by Crippen LogP contribution is 2.28. The third kappa shape index (κ3) is 6.67. The Balaban J connectivity index is 2.01. The van der Waals surface area contributed by atoms with Gasteiger partial charge in [0.2, 0.25) is 15.9 Å². The van der Waals surface area contributed by atoms with Crippen LogP contribution in [0, 0.1) is 0 Å². The number of carbonyl (C=O) groups is 1. The van der Waals surface area contributed by atoms with Crippen LogP contribution >= 0.6 is 0 Å². The van der Waals surface area contributed by atoms with Gasteiger partial charge >= 0.3 is 0 Å². The minimum Gasteiger partial charge on any atom is -0.493 e. The van der Waals surface area contributed by atoms with Crippen LogP contribution in [0.5, 0.6) is 11.5 Å². The quantitative estimate of drug-likeness (QED) is 0.676. The van der Waals surface area contributed by atoms with Crippen molar-refractivity contribution in [3.8, 4) is 11.5 Å². The number of amides is 1. The van der Waals surface area contributed by atoms with Crippen molar-refractivity contribution in [3.05, 3.63) is 54.1 Å². The first-order chi connectivity index (χ1) is 12.8. The second-order valence-corrected chi connectivity index (χ2v) is 7.37. The van der Waals surface area contributed by atoms with Gasteiger partial charge in [0.1, 0.15) is 0 Å². The molecule has 0 bridgehead atoms. The molecule has 144 valence electrons. The highest BCUT2D eigenvalue weighted by molar-refractivity contribution is 7.92. The summed E-state index contributed by atoms with van der Waals surface area (Å²) in [6.07, 6.45) is 4.14. The van der Waals surface area contributed by atoms with Crippen LogP contribution in [-0.4, -0.2) is 34.3 Å². The van der Waals surface area contributed by atoms with Gasteiger partial charge in [-0.2, -0.15) is 0 Å². The molecule has 0 saturated carbocycles. The second-order valence-electron chi connectivity index (χ2n) is 5.62. The van der Waals surface area contributed by atoms with Gasteiger partial charge in [-0.1, -0.05) is 6.07 Å². The number of methoxy groups -OCH3 is 1. The molecule has 2 rings (SSSR count). The molecule has 2 aromatic carbocycles. The number of anilines is 2. The van der Waals surface area contributed by atoms with Crippen molar-refractivity contribution in [2.75, 3.05) is 30.0 Å². The zero-order valence-electron chi connectivity index (χ0n) is 15.4. The van der Waals surface area contributed by atoms with Crippen molar-refractivity contribution in [2.24, 2.45) is 0 Å². The SMILES string of the molecule is CCOc1cc(/C=C/C(=O)Nc2ccc(NS(C)(=O)=O)cc2)ccc1OC. The Kier molecular flexibility index (Phi) is 6.84. The zero-order valence-corrected chi connectivity index (χ0v) is 16.2. The van der Waals surface area contributed by atoms with Gasteiger partial charge < -0.3 is 14.8 Å². The molecule has 7 nitrogen and oxygen atoms in total. The van der Waals surface area contributed by atoms with Crippen molar-refractivity contribution in [2.45, 2.75) is 6.92 Å². The number of hydrogen-bond donors (Lipinski definition) is 2. The van der Waals surface area contributed by atoms with E-state index in [2.05, 4.69) is 10.0 Å². The van der Waals surface area contributed by atoms with Gasteiger partial charge in [0.15, 0.2) is 11.5 Å². The summed E-state index contributed by atoms with van der Waals surface area (Å²) in [5.41, 5.74) is 1.77. The van der Waals surface area contributed by atoms with Gasteiger partial charge in [-0.15, -0.1) is 0 Å². The maximum atomic E-state index is 12.1. The molecule has 2 N–H and O–H groups in total. The number of rotatable bonds is 8. The summed E-state index contributed by atoms with van der Waals surface area (Å²) < 4.78 is 35.5. The molecule has 1 amide bonds. The smallest absolute Gasteiger partial charge is 0.248 e. The lowest BCUT2D eigenvalue weighted by Crippen LogP contribution is -2.10. The molecule has 0 heterocycles. The number of carbonyl (C=O) groups excluding carboxylic acids is 1. The highest BCUT2D eigenvalue weighted by atomic mass is 32.2. The van der Waals surface area contributed by atoms with Crippen LogP contribution in [0.4, 0.5) is 11.4 Å². The van der Waals surface area contributed by atoms with E-state index in [1.165, 1.54) is 6.08 Å². The molecule has 0 atom stereocenters. The van der Waals surface area contributed by atoms with E-state index < -0.39 is 10.0 Å². The number of nitrogens with one attached hydrogen (secondary N) is 2. The number of sulfonamides is 1. The molecule has 8 heteroatoms. The minimum absolute atomic E-state index is 0.312. The lowest BCUT2D eigenvalue weighted by molar-refractivity contribution is -0.111. The van der Waals surface area contributed by atoms with Gasteiger partial charge in [0, 0.05) is 17.5 Å². The molecule has 0 radical (unpaired) electrons. The average Bonchev–Trinajstić information content (AvgIpc) is 2.61. The van der Waals surface area contributed by atoms with Crippen LogP contribution in [-0.2, 0) is 14.8 Å². The van der Waals surface area contributed by atoms with E-state index in [9.17, 15) is 13.2 Å². The van der Waals surface area contributed by atoms with Crippen molar-refractivity contribution in [3.63, 3.8) is 0 Å². The summed E-state index contributed by atoms with van der Waals surface area (Å²) in [7, 11) is -1.77. The van der Waals surface area contributed by atoms with Crippen LogP contribution in [0.15, 0.2) is 48.5 Å². The Hall–Kier alpha value is -3.00. The molecule has 0 fully saturated rings. The molecule has 0 saturated heterocycles. The Morgan fingerprint density at radius 3 is 2.33 bits per heavy atom. The van der Waals surface area contributed by atoms with E-state index in [0.29, 0.717) is 29.5 Å². The summed E-state index contributed by atoms with van der Waals surface area (Å²) in [5, 5.41) is 2.71. The van der Waals surface area contributed by atoms with Crippen LogP contribution in [0.1, 0.15) is 12.5 Å². The third-order valence-electron chi connectivity index (χ3n) is 3.37. The summed E-state index contributed by atoms with van der Waals surface area (Å²) in [5.74, 6) is 0.922. The largest absolute Gasteiger partial charge is 0.493 e. The van der Waals surface area contributed by atoms with Crippen molar-refractivity contribution in [1.29, 1.82) is 0 Å². The van der Waals surface area contributed by atoms with E-state index in [0.717, 1.165) is 11.8 Å². The highest BCUT2D eigenvalue weighted by Gasteiger charge is 2.05. The monoisotopic (exact) mass is 390 g/mol. The molecule has 0 unspecified atom stereocenters. The predicted octanol–water partition coefficient (Wildman–Crippen LogP) is 3.12. The second kappa shape index (κ2) is 9.09. The number of ether oxygens (including phenoxy) is 2. The topological polar surface area (TPSA) is 93.7 Å². The maximum Gasteiger partial charge on any atom is 0.248 e. The summed E-state index contributed by atoms with van der Waals surface area (Å²) in [6, 6.07) is 11.7. The molecule has 0 aromatic heterocycles. The van der Waals surface area contributed by atoms with Crippen LogP contribution in [0.3, 0.4) is 0 Å². The van der Waals surface area contributed by atoms with E-state index in [4.69, 9.17) is 9.47 Å². The van der Waals surface area contributed by atoms with E-state index in [1.54, 1.807) is 49.6 Å². The molecular weight excluding hydrogens is 368 g/mol. The van der Waals surface area contributed by atoms with Gasteiger partial charge in [0.05, 0.1) is 20.0 Å². The van der Waals surface area contributed by atoms with Gasteiger partial charge in [-0.05, 0) is 55.0 Å². The van der Waals surface area contributed by atoms with Crippen LogP contribution in [0.25, 0.3) is 6.08 Å². The van der Waals surface area contributed by atoms with E-state index >= 15 is 0 Å². The summed E-state index contributed by atoms with van der Waals surface area (Å²) >= 11 is 0. The van der Waals surface area contributed by atoms with Crippen molar-refractivity contribution < 1.29 is 22.7 Å². The first-order valence-electron chi connectivity index (χ1n) is 8.18. The third-order valence-corrected chi connectivity index (χ3v) is 3.98. The molecule has 0 aliphatic rings. The molecule has 0 aliphatic carbocycles. The Morgan fingerprint density at radius 2 is 1.74 bits per heavy atom. The lowest BCUT2D eigenvalue weighted by atomic mass is 10.2. The lowest BCUT2D eigenvalue weighted by Gasteiger charge is -2.09. The molecular formula is C19H22N2O5S. The van der Waals surface area contributed by atoms with Gasteiger partial charge in [0.25, 0.3) is 0 Å². The molecule has 0 aliphatic heterocycles. The standard InChI is InChI=1S/C19H22N2O5S/c1-4-26-18-13-14(5-11-17(18)25-2)6-12-19(22)20-15-7-9-16(10-8-15)21-27(3,23)24/h5-13,21H,4H2,1-3H3,(H,20,22)/b12-6+. The Morgan fingerprint density at radius 1 is 1.07 bits per heavy atom. The molecule has 0 spiro atoms. The Labute approximate surface area is 159 Å². The number of benzene rings is 2. The summed E-state index contributed by atoms with van der Waals surface area (Å²) in [6.45, 7) is 2.39. The summed E-state index contributed by atoms with van der Waals surface area (Å²) in [4.78, 5) is 12.1. The number of hydrogen-bond acceptors (Lipinski definition) is 5. The average molecular weight is 390 g/mol. The zero-order chi connectivity index (χ0) is 19.9. The van der Waals surface area contributed by atoms with Gasteiger partial charge in [-0.3, -0.25) is 9.52 Å². The van der Waals surface area contributed by atoms with Crippen LogP contribution in [0.2, 0.25) is 0 Å². The fourth-order valence-corrected chi connectivity index (χ4v) is 2.82. The first-order valence-corrected chi connectivity index (χ1v) is 10.1. The normalized spacial score (nSPS) is 11.2. The van der Waals surface area contributed by atoms with E-state index in [-0.39, 0.29) is 5.91 Å². The van der Waals surface area contributed by atoms with Crippen molar-refractivity contribution in [1.82, 2.24) is 0 Å². The fraction of sp³-hybridized carbons (Fsp3) is 0.211. The molecule has 2 aromatic rings. The van der Waals surface area contributed by atoms with Crippen LogP contribution < -0.4 is 19.5 Å². The maximum absolute atomic E-state index is 12.1. The Bertz CT molecular complexity index is 922. The fourth-order valence-electron chi connectivity index (χ4n) is 2.26. The van der Waals surface area contributed by atoms with Crippen molar-refractivity contribution >= 4 is 33.4 Å². The molecule has 27 heavy (non-hydrogen) atoms. The van der Waals surface area contributed by atoms with Gasteiger partial charge in [-0.25, -0.2) is 8.42 Å². The first kappa shape index (κ1) is 20.3.